The monoisotopic (exact) mass is 225 g/mol. The number of esters is 2. The summed E-state index contributed by atoms with van der Waals surface area (Å²) in [5, 5.41) is 8.94. The molecular formula is C11H15NO4. The summed E-state index contributed by atoms with van der Waals surface area (Å²) >= 11 is 0. The molecule has 16 heavy (non-hydrogen) atoms. The molecule has 0 amide bonds. The van der Waals surface area contributed by atoms with Gasteiger partial charge in [0, 0.05) is 0 Å². The van der Waals surface area contributed by atoms with E-state index in [4.69, 9.17) is 14.7 Å². The predicted octanol–water partition coefficient (Wildman–Crippen LogP) is 1.03. The molecule has 1 heterocycles. The molecule has 0 aliphatic carbocycles. The van der Waals surface area contributed by atoms with E-state index in [1.807, 2.05) is 6.07 Å². The third kappa shape index (κ3) is 2.01. The lowest BCUT2D eigenvalue weighted by Gasteiger charge is -2.23. The lowest BCUT2D eigenvalue weighted by atomic mass is 9.88. The molecule has 0 radical (unpaired) electrons. The quantitative estimate of drug-likeness (QED) is 0.623. The van der Waals surface area contributed by atoms with E-state index in [9.17, 15) is 9.59 Å². The van der Waals surface area contributed by atoms with Gasteiger partial charge in [0.25, 0.3) is 0 Å². The number of carbonyl (C=O) groups excluding carboxylic acids is 2. The molecule has 1 fully saturated rings. The van der Waals surface area contributed by atoms with Crippen molar-refractivity contribution in [2.24, 2.45) is 10.8 Å². The van der Waals surface area contributed by atoms with Crippen molar-refractivity contribution in [3.05, 3.63) is 0 Å². The topological polar surface area (TPSA) is 76.4 Å². The van der Waals surface area contributed by atoms with E-state index < -0.39 is 28.9 Å². The minimum absolute atomic E-state index is 0.0509. The van der Waals surface area contributed by atoms with Gasteiger partial charge in [-0.1, -0.05) is 0 Å². The summed E-state index contributed by atoms with van der Waals surface area (Å²) in [5.41, 5.74) is -2.05. The highest BCUT2D eigenvalue weighted by Crippen LogP contribution is 2.33. The minimum atomic E-state index is -1.39. The average Bonchev–Trinajstić information content (AvgIpc) is 2.45. The Hall–Kier alpha value is -1.57. The first-order valence-corrected chi connectivity index (χ1v) is 5.01. The van der Waals surface area contributed by atoms with E-state index in [0.717, 1.165) is 0 Å². The van der Waals surface area contributed by atoms with Gasteiger partial charge >= 0.3 is 11.9 Å². The molecule has 0 aromatic carbocycles. The van der Waals surface area contributed by atoms with E-state index in [1.54, 1.807) is 20.8 Å². The average molecular weight is 225 g/mol. The Bertz CT molecular complexity index is 363. The molecule has 0 aromatic heterocycles. The molecule has 0 saturated carbocycles. The van der Waals surface area contributed by atoms with Crippen LogP contribution in [0.2, 0.25) is 0 Å². The highest BCUT2D eigenvalue weighted by molar-refractivity contribution is 5.84. The molecule has 0 spiro atoms. The highest BCUT2D eigenvalue weighted by atomic mass is 16.6. The van der Waals surface area contributed by atoms with Gasteiger partial charge < -0.3 is 9.47 Å². The summed E-state index contributed by atoms with van der Waals surface area (Å²) in [4.78, 5) is 23.0. The number of rotatable bonds is 1. The predicted molar refractivity (Wildman–Crippen MR) is 54.0 cm³/mol. The van der Waals surface area contributed by atoms with Crippen LogP contribution in [-0.4, -0.2) is 24.6 Å². The summed E-state index contributed by atoms with van der Waals surface area (Å²) < 4.78 is 9.89. The molecule has 5 nitrogen and oxygen atoms in total. The highest BCUT2D eigenvalue weighted by Gasteiger charge is 2.52. The minimum Gasteiger partial charge on any atom is -0.460 e. The Kier molecular flexibility index (Phi) is 2.95. The molecule has 0 aromatic rings. The normalized spacial score (nSPS) is 29.4. The van der Waals surface area contributed by atoms with Gasteiger partial charge in [0.2, 0.25) is 0 Å². The Labute approximate surface area is 94.3 Å². The number of hydrogen-bond donors (Lipinski definition) is 0. The third-order valence-corrected chi connectivity index (χ3v) is 2.53. The number of hydrogen-bond acceptors (Lipinski definition) is 5. The zero-order valence-electron chi connectivity index (χ0n) is 9.86. The van der Waals surface area contributed by atoms with Crippen molar-refractivity contribution in [1.29, 1.82) is 5.26 Å². The first kappa shape index (κ1) is 12.5. The first-order chi connectivity index (χ1) is 7.21. The lowest BCUT2D eigenvalue weighted by molar-refractivity contribution is -0.161. The van der Waals surface area contributed by atoms with Gasteiger partial charge in [0.1, 0.15) is 6.61 Å². The zero-order valence-corrected chi connectivity index (χ0v) is 9.86. The number of carbonyl (C=O) groups is 2. The summed E-state index contributed by atoms with van der Waals surface area (Å²) in [6.45, 7) is 6.48. The van der Waals surface area contributed by atoms with Crippen LogP contribution in [0.3, 0.4) is 0 Å². The summed E-state index contributed by atoms with van der Waals surface area (Å²) in [6, 6.07) is 1.85. The van der Waals surface area contributed by atoms with Crippen LogP contribution in [0.4, 0.5) is 0 Å². The second-order valence-electron chi connectivity index (χ2n) is 5.06. The van der Waals surface area contributed by atoms with E-state index in [-0.39, 0.29) is 6.61 Å². The molecule has 1 aliphatic rings. The second kappa shape index (κ2) is 3.78. The van der Waals surface area contributed by atoms with Crippen LogP contribution in [0.5, 0.6) is 0 Å². The molecule has 1 unspecified atom stereocenters. The molecule has 88 valence electrons. The number of nitrogens with zero attached hydrogens (tertiary/aromatic N) is 1. The van der Waals surface area contributed by atoms with Gasteiger partial charge in [-0.2, -0.15) is 5.26 Å². The Balaban J connectivity index is 2.81. The largest absolute Gasteiger partial charge is 0.460 e. The van der Waals surface area contributed by atoms with Gasteiger partial charge in [-0.15, -0.1) is 0 Å². The van der Waals surface area contributed by atoms with Crippen molar-refractivity contribution in [1.82, 2.24) is 0 Å². The molecule has 1 saturated heterocycles. The van der Waals surface area contributed by atoms with Gasteiger partial charge in [0.15, 0.2) is 11.5 Å². The summed E-state index contributed by atoms with van der Waals surface area (Å²) in [5.74, 6) is -1.08. The molecule has 2 atom stereocenters. The maximum Gasteiger partial charge on any atom is 0.330 e. The van der Waals surface area contributed by atoms with Crippen LogP contribution in [0.15, 0.2) is 0 Å². The number of ether oxygens (including phenoxy) is 2. The molecule has 0 bridgehead atoms. The van der Waals surface area contributed by atoms with Crippen LogP contribution >= 0.6 is 0 Å². The molecule has 1 aliphatic heterocycles. The van der Waals surface area contributed by atoms with Crippen LogP contribution in [0, 0.1) is 22.2 Å². The van der Waals surface area contributed by atoms with E-state index >= 15 is 0 Å². The maximum absolute atomic E-state index is 11.6. The van der Waals surface area contributed by atoms with Gasteiger partial charge in [0.05, 0.1) is 11.5 Å². The van der Waals surface area contributed by atoms with Crippen molar-refractivity contribution in [2.45, 2.75) is 33.8 Å². The van der Waals surface area contributed by atoms with Crippen LogP contribution in [-0.2, 0) is 19.1 Å². The Morgan fingerprint density at radius 1 is 1.62 bits per heavy atom. The fourth-order valence-electron chi connectivity index (χ4n) is 1.17. The zero-order chi connectivity index (χ0) is 12.6. The van der Waals surface area contributed by atoms with Crippen molar-refractivity contribution in [3.8, 4) is 6.07 Å². The van der Waals surface area contributed by atoms with Gasteiger partial charge in [-0.05, 0) is 27.7 Å². The van der Waals surface area contributed by atoms with Gasteiger partial charge in [-0.3, -0.25) is 9.59 Å². The molecule has 0 N–H and O–H groups in total. The lowest BCUT2D eigenvalue weighted by Crippen LogP contribution is -2.38. The fourth-order valence-corrected chi connectivity index (χ4v) is 1.17. The van der Waals surface area contributed by atoms with E-state index in [2.05, 4.69) is 0 Å². The SMILES string of the molecule is CC(C)(C)C(=O)OC1COC(=O)[C@]1(C)C#N. The van der Waals surface area contributed by atoms with Crippen molar-refractivity contribution >= 4 is 11.9 Å². The Morgan fingerprint density at radius 3 is 2.62 bits per heavy atom. The smallest absolute Gasteiger partial charge is 0.330 e. The van der Waals surface area contributed by atoms with Crippen molar-refractivity contribution in [3.63, 3.8) is 0 Å². The Morgan fingerprint density at radius 2 is 2.19 bits per heavy atom. The second-order valence-corrected chi connectivity index (χ2v) is 5.06. The maximum atomic E-state index is 11.6. The molecule has 5 heteroatoms. The molecule has 1 rings (SSSR count). The van der Waals surface area contributed by atoms with Gasteiger partial charge in [-0.25, -0.2) is 0 Å². The number of cyclic esters (lactones) is 1. The van der Waals surface area contributed by atoms with Crippen molar-refractivity contribution < 1.29 is 19.1 Å². The first-order valence-electron chi connectivity index (χ1n) is 5.01. The third-order valence-electron chi connectivity index (χ3n) is 2.53. The van der Waals surface area contributed by atoms with Crippen LogP contribution in [0.25, 0.3) is 0 Å². The fraction of sp³-hybridized carbons (Fsp3) is 0.727. The van der Waals surface area contributed by atoms with Crippen LogP contribution < -0.4 is 0 Å². The van der Waals surface area contributed by atoms with E-state index in [0.29, 0.717) is 0 Å². The van der Waals surface area contributed by atoms with Crippen molar-refractivity contribution in [2.75, 3.05) is 6.61 Å². The summed E-state index contributed by atoms with van der Waals surface area (Å²) in [6.07, 6.45) is -0.822. The molecular weight excluding hydrogens is 210 g/mol. The standard InChI is InChI=1S/C11H15NO4/c1-10(2,3)8(13)16-7-5-15-9(14)11(7,4)6-12/h7H,5H2,1-4H3/t7?,11-/m1/s1. The summed E-state index contributed by atoms with van der Waals surface area (Å²) in [7, 11) is 0. The van der Waals surface area contributed by atoms with E-state index in [1.165, 1.54) is 6.92 Å². The number of nitriles is 1. The van der Waals surface area contributed by atoms with Crippen LogP contribution in [0.1, 0.15) is 27.7 Å².